The van der Waals surface area contributed by atoms with Gasteiger partial charge in [0.2, 0.25) is 0 Å². The molecule has 1 nitrogen and oxygen atoms in total. The zero-order chi connectivity index (χ0) is 13.7. The Balaban J connectivity index is 1.98. The Hall–Kier alpha value is -0.820. The van der Waals surface area contributed by atoms with E-state index < -0.39 is 0 Å². The van der Waals surface area contributed by atoms with Gasteiger partial charge in [-0.2, -0.15) is 0 Å². The van der Waals surface area contributed by atoms with Crippen molar-refractivity contribution in [1.29, 1.82) is 0 Å². The highest BCUT2D eigenvalue weighted by Crippen LogP contribution is 2.39. The van der Waals surface area contributed by atoms with Crippen LogP contribution in [0.15, 0.2) is 24.3 Å². The van der Waals surface area contributed by atoms with Gasteiger partial charge in [-0.15, -0.1) is 0 Å². The fourth-order valence-electron chi connectivity index (χ4n) is 3.33. The Morgan fingerprint density at radius 3 is 2.53 bits per heavy atom. The van der Waals surface area contributed by atoms with Gasteiger partial charge in [0.25, 0.3) is 0 Å². The van der Waals surface area contributed by atoms with Gasteiger partial charge in [-0.3, -0.25) is 0 Å². The first-order chi connectivity index (χ1) is 9.20. The molecule has 2 rings (SSSR count). The summed E-state index contributed by atoms with van der Waals surface area (Å²) in [5.41, 5.74) is 3.05. The summed E-state index contributed by atoms with van der Waals surface area (Å²) < 4.78 is 0. The summed E-state index contributed by atoms with van der Waals surface area (Å²) in [5, 5.41) is 3.62. The van der Waals surface area contributed by atoms with Crippen molar-refractivity contribution in [3.63, 3.8) is 0 Å². The molecule has 1 saturated carbocycles. The van der Waals surface area contributed by atoms with Gasteiger partial charge in [-0.1, -0.05) is 57.9 Å². The van der Waals surface area contributed by atoms with Crippen LogP contribution in [0.3, 0.4) is 0 Å². The number of hydrogen-bond acceptors (Lipinski definition) is 1. The topological polar surface area (TPSA) is 12.0 Å². The van der Waals surface area contributed by atoms with Crippen molar-refractivity contribution >= 4 is 0 Å². The zero-order valence-corrected chi connectivity index (χ0v) is 12.8. The van der Waals surface area contributed by atoms with Crippen LogP contribution in [0.5, 0.6) is 0 Å². The van der Waals surface area contributed by atoms with Crippen molar-refractivity contribution in [2.45, 2.75) is 64.8 Å². The van der Waals surface area contributed by atoms with E-state index in [4.69, 9.17) is 0 Å². The Morgan fingerprint density at radius 1 is 1.16 bits per heavy atom. The molecule has 0 radical (unpaired) electrons. The average Bonchev–Trinajstić information content (AvgIpc) is 2.86. The minimum Gasteiger partial charge on any atom is -0.314 e. The van der Waals surface area contributed by atoms with Gasteiger partial charge >= 0.3 is 0 Å². The minimum absolute atomic E-state index is 0.605. The molecule has 1 heteroatoms. The van der Waals surface area contributed by atoms with Crippen molar-refractivity contribution in [2.75, 3.05) is 6.54 Å². The molecule has 1 fully saturated rings. The van der Waals surface area contributed by atoms with E-state index >= 15 is 0 Å². The van der Waals surface area contributed by atoms with E-state index in [-0.39, 0.29) is 0 Å². The van der Waals surface area contributed by atoms with Gasteiger partial charge in [-0.25, -0.2) is 0 Å². The second-order valence-electron chi connectivity index (χ2n) is 6.35. The predicted octanol–water partition coefficient (Wildman–Crippen LogP) is 4.52. The van der Waals surface area contributed by atoms with Crippen LogP contribution in [-0.4, -0.2) is 12.6 Å². The number of benzene rings is 1. The molecular formula is C18H29N. The van der Waals surface area contributed by atoms with E-state index in [1.807, 2.05) is 0 Å². The fourth-order valence-corrected chi connectivity index (χ4v) is 3.33. The van der Waals surface area contributed by atoms with Crippen LogP contribution < -0.4 is 5.32 Å². The summed E-state index contributed by atoms with van der Waals surface area (Å²) in [6.07, 6.45) is 6.61. The van der Waals surface area contributed by atoms with E-state index in [2.05, 4.69) is 50.4 Å². The van der Waals surface area contributed by atoms with E-state index in [1.165, 1.54) is 44.2 Å². The SMILES string of the molecule is CCCc1ccc(C2CCCC2CNC(C)C)cc1. The summed E-state index contributed by atoms with van der Waals surface area (Å²) in [6, 6.07) is 10.0. The standard InChI is InChI=1S/C18H29N/c1-4-6-15-9-11-16(12-10-15)18-8-5-7-17(18)13-19-14(2)3/h9-12,14,17-19H,4-8,13H2,1-3H3. The largest absolute Gasteiger partial charge is 0.314 e. The molecule has 0 amide bonds. The second kappa shape index (κ2) is 7.09. The number of aryl methyl sites for hydroxylation is 1. The molecule has 19 heavy (non-hydrogen) atoms. The van der Waals surface area contributed by atoms with Gasteiger partial charge in [0.15, 0.2) is 0 Å². The van der Waals surface area contributed by atoms with Gasteiger partial charge in [-0.05, 0) is 48.8 Å². The summed E-state index contributed by atoms with van der Waals surface area (Å²) in [4.78, 5) is 0. The molecule has 106 valence electrons. The second-order valence-corrected chi connectivity index (χ2v) is 6.35. The predicted molar refractivity (Wildman–Crippen MR) is 83.7 cm³/mol. The molecule has 1 aliphatic rings. The van der Waals surface area contributed by atoms with E-state index in [0.717, 1.165) is 11.8 Å². The van der Waals surface area contributed by atoms with E-state index in [9.17, 15) is 0 Å². The van der Waals surface area contributed by atoms with Gasteiger partial charge in [0.1, 0.15) is 0 Å². The Labute approximate surface area is 118 Å². The summed E-state index contributed by atoms with van der Waals surface area (Å²) in [6.45, 7) is 7.91. The van der Waals surface area contributed by atoms with Gasteiger partial charge < -0.3 is 5.32 Å². The highest BCUT2D eigenvalue weighted by molar-refractivity contribution is 5.26. The molecule has 0 bridgehead atoms. The maximum Gasteiger partial charge on any atom is 0.00104 e. The molecule has 0 heterocycles. The molecule has 0 aliphatic heterocycles. The minimum atomic E-state index is 0.605. The summed E-state index contributed by atoms with van der Waals surface area (Å²) in [5.74, 6) is 1.61. The lowest BCUT2D eigenvalue weighted by molar-refractivity contribution is 0.423. The third-order valence-corrected chi connectivity index (χ3v) is 4.39. The van der Waals surface area contributed by atoms with E-state index in [0.29, 0.717) is 6.04 Å². The maximum absolute atomic E-state index is 3.62. The lowest BCUT2D eigenvalue weighted by atomic mass is 9.88. The molecule has 2 unspecified atom stereocenters. The summed E-state index contributed by atoms with van der Waals surface area (Å²) in [7, 11) is 0. The Bertz CT molecular complexity index is 366. The van der Waals surface area contributed by atoms with Crippen molar-refractivity contribution in [1.82, 2.24) is 5.32 Å². The van der Waals surface area contributed by atoms with Crippen LogP contribution in [0, 0.1) is 5.92 Å². The van der Waals surface area contributed by atoms with Crippen LogP contribution in [0.4, 0.5) is 0 Å². The van der Waals surface area contributed by atoms with Crippen LogP contribution in [0.2, 0.25) is 0 Å². The molecular weight excluding hydrogens is 230 g/mol. The monoisotopic (exact) mass is 259 g/mol. The number of hydrogen-bond donors (Lipinski definition) is 1. The molecule has 0 spiro atoms. The zero-order valence-electron chi connectivity index (χ0n) is 12.8. The van der Waals surface area contributed by atoms with Gasteiger partial charge in [0.05, 0.1) is 0 Å². The average molecular weight is 259 g/mol. The van der Waals surface area contributed by atoms with Gasteiger partial charge in [0, 0.05) is 6.04 Å². The molecule has 0 aromatic heterocycles. The molecule has 1 aliphatic carbocycles. The highest BCUT2D eigenvalue weighted by atomic mass is 14.9. The van der Waals surface area contributed by atoms with Crippen molar-refractivity contribution in [3.8, 4) is 0 Å². The van der Waals surface area contributed by atoms with E-state index in [1.54, 1.807) is 5.56 Å². The van der Waals surface area contributed by atoms with Crippen LogP contribution in [-0.2, 0) is 6.42 Å². The van der Waals surface area contributed by atoms with Crippen LogP contribution >= 0.6 is 0 Å². The lowest BCUT2D eigenvalue weighted by Crippen LogP contribution is -2.30. The van der Waals surface area contributed by atoms with Crippen LogP contribution in [0.25, 0.3) is 0 Å². The van der Waals surface area contributed by atoms with Crippen molar-refractivity contribution < 1.29 is 0 Å². The number of rotatable bonds is 6. The fraction of sp³-hybridized carbons (Fsp3) is 0.667. The quantitative estimate of drug-likeness (QED) is 0.792. The Kier molecular flexibility index (Phi) is 5.45. The normalized spacial score (nSPS) is 23.2. The molecule has 1 N–H and O–H groups in total. The molecule has 1 aromatic carbocycles. The first-order valence-corrected chi connectivity index (χ1v) is 8.03. The van der Waals surface area contributed by atoms with Crippen LogP contribution in [0.1, 0.15) is 63.5 Å². The molecule has 1 aromatic rings. The molecule has 0 saturated heterocycles. The van der Waals surface area contributed by atoms with Crippen molar-refractivity contribution in [2.24, 2.45) is 5.92 Å². The van der Waals surface area contributed by atoms with Crippen molar-refractivity contribution in [3.05, 3.63) is 35.4 Å². The first kappa shape index (κ1) is 14.6. The smallest absolute Gasteiger partial charge is 0.00104 e. The summed E-state index contributed by atoms with van der Waals surface area (Å²) >= 11 is 0. The first-order valence-electron chi connectivity index (χ1n) is 8.03. The Morgan fingerprint density at radius 2 is 1.89 bits per heavy atom. The highest BCUT2D eigenvalue weighted by Gasteiger charge is 2.28. The lowest BCUT2D eigenvalue weighted by Gasteiger charge is -2.22. The maximum atomic E-state index is 3.62. The third-order valence-electron chi connectivity index (χ3n) is 4.39. The number of nitrogens with one attached hydrogen (secondary N) is 1. The third kappa shape index (κ3) is 4.07. The molecule has 2 atom stereocenters.